The van der Waals surface area contributed by atoms with Crippen molar-refractivity contribution in [1.29, 1.82) is 0 Å². The van der Waals surface area contributed by atoms with Crippen LogP contribution in [0.2, 0.25) is 0 Å². The third kappa shape index (κ3) is 3.61. The van der Waals surface area contributed by atoms with Gasteiger partial charge in [0.05, 0.1) is 0 Å². The van der Waals surface area contributed by atoms with Gasteiger partial charge >= 0.3 is 11.8 Å². The molecule has 2 aromatic rings. The van der Waals surface area contributed by atoms with Crippen LogP contribution in [0, 0.1) is 6.92 Å². The van der Waals surface area contributed by atoms with Crippen LogP contribution in [0.15, 0.2) is 22.0 Å². The maximum absolute atomic E-state index is 12.1. The molecule has 0 spiro atoms. The van der Waals surface area contributed by atoms with Gasteiger partial charge in [0.15, 0.2) is 5.76 Å². The number of rotatable bonds is 5. The molecule has 2 aromatic heterocycles. The summed E-state index contributed by atoms with van der Waals surface area (Å²) in [5, 5.41) is 11.2. The van der Waals surface area contributed by atoms with Crippen LogP contribution < -0.4 is 10.6 Å². The first kappa shape index (κ1) is 15.7. The Morgan fingerprint density at radius 3 is 2.87 bits per heavy atom. The number of nitrogens with zero attached hydrogens (tertiary/aromatic N) is 1. The van der Waals surface area contributed by atoms with E-state index in [0.717, 1.165) is 12.8 Å². The van der Waals surface area contributed by atoms with Gasteiger partial charge in [-0.2, -0.15) is 0 Å². The lowest BCUT2D eigenvalue weighted by molar-refractivity contribution is -0.136. The fourth-order valence-electron chi connectivity index (χ4n) is 2.33. The third-order valence-electron chi connectivity index (χ3n) is 3.88. The molecule has 1 aliphatic carbocycles. The Kier molecular flexibility index (Phi) is 4.47. The number of nitrogens with one attached hydrogen (secondary N) is 2. The molecule has 1 aliphatic rings. The standard InChI is InChI=1S/C16H19N3O3S/c1-9(12-4-3-7-23-12)8-17-15(20)16(21)18-13-10(2)19-22-14(13)11-5-6-11/h3-4,7,9,11H,5-6,8H2,1-2H3,(H,17,20)(H,18,21). The number of thiophene rings is 1. The van der Waals surface area contributed by atoms with Crippen molar-refractivity contribution in [2.75, 3.05) is 11.9 Å². The Labute approximate surface area is 138 Å². The summed E-state index contributed by atoms with van der Waals surface area (Å²) in [7, 11) is 0. The maximum atomic E-state index is 12.1. The number of amides is 2. The first-order valence-electron chi connectivity index (χ1n) is 7.65. The Bertz CT molecular complexity index is 704. The summed E-state index contributed by atoms with van der Waals surface area (Å²) in [5.41, 5.74) is 1.14. The summed E-state index contributed by atoms with van der Waals surface area (Å²) in [6, 6.07) is 3.99. The van der Waals surface area contributed by atoms with E-state index in [4.69, 9.17) is 4.52 Å². The van der Waals surface area contributed by atoms with Crippen LogP contribution in [0.25, 0.3) is 0 Å². The van der Waals surface area contributed by atoms with Crippen molar-refractivity contribution in [3.05, 3.63) is 33.8 Å². The Hall–Kier alpha value is -2.15. The second-order valence-corrected chi connectivity index (χ2v) is 6.84. The molecule has 122 valence electrons. The van der Waals surface area contributed by atoms with E-state index in [9.17, 15) is 9.59 Å². The SMILES string of the molecule is Cc1noc(C2CC2)c1NC(=O)C(=O)NCC(C)c1cccs1. The van der Waals surface area contributed by atoms with Gasteiger partial charge < -0.3 is 15.2 Å². The van der Waals surface area contributed by atoms with Gasteiger partial charge in [-0.15, -0.1) is 11.3 Å². The number of hydrogen-bond acceptors (Lipinski definition) is 5. The number of hydrogen-bond donors (Lipinski definition) is 2. The summed E-state index contributed by atoms with van der Waals surface area (Å²) in [5.74, 6) is -0.164. The summed E-state index contributed by atoms with van der Waals surface area (Å²) >= 11 is 1.64. The lowest BCUT2D eigenvalue weighted by Gasteiger charge is -2.11. The van der Waals surface area contributed by atoms with E-state index in [1.54, 1.807) is 18.3 Å². The fraction of sp³-hybridized carbons (Fsp3) is 0.438. The van der Waals surface area contributed by atoms with Crippen molar-refractivity contribution in [2.45, 2.75) is 38.5 Å². The molecule has 2 N–H and O–H groups in total. The molecule has 0 aromatic carbocycles. The monoisotopic (exact) mass is 333 g/mol. The Morgan fingerprint density at radius 1 is 1.43 bits per heavy atom. The summed E-state index contributed by atoms with van der Waals surface area (Å²) in [6.07, 6.45) is 2.06. The van der Waals surface area contributed by atoms with Gasteiger partial charge in [0.1, 0.15) is 11.4 Å². The molecule has 6 nitrogen and oxygen atoms in total. The summed E-state index contributed by atoms with van der Waals surface area (Å²) < 4.78 is 5.25. The van der Waals surface area contributed by atoms with Crippen LogP contribution in [0.5, 0.6) is 0 Å². The van der Waals surface area contributed by atoms with Crippen LogP contribution >= 0.6 is 11.3 Å². The molecule has 1 unspecified atom stereocenters. The Balaban J connectivity index is 1.56. The largest absolute Gasteiger partial charge is 0.359 e. The molecule has 0 radical (unpaired) electrons. The molecular formula is C16H19N3O3S. The van der Waals surface area contributed by atoms with Crippen LogP contribution in [0.4, 0.5) is 5.69 Å². The van der Waals surface area contributed by atoms with Gasteiger partial charge in [-0.1, -0.05) is 18.1 Å². The molecule has 7 heteroatoms. The average Bonchev–Trinajstić information content (AvgIpc) is 3.10. The zero-order valence-electron chi connectivity index (χ0n) is 13.1. The zero-order valence-corrected chi connectivity index (χ0v) is 13.9. The van der Waals surface area contributed by atoms with Gasteiger partial charge in [-0.05, 0) is 31.2 Å². The van der Waals surface area contributed by atoms with Crippen molar-refractivity contribution in [2.24, 2.45) is 0 Å². The molecule has 1 saturated carbocycles. The second-order valence-electron chi connectivity index (χ2n) is 5.86. The molecule has 1 fully saturated rings. The lowest BCUT2D eigenvalue weighted by atomic mass is 10.1. The fourth-order valence-corrected chi connectivity index (χ4v) is 3.12. The van der Waals surface area contributed by atoms with Crippen molar-refractivity contribution in [1.82, 2.24) is 10.5 Å². The molecule has 0 aliphatic heterocycles. The van der Waals surface area contributed by atoms with E-state index in [1.165, 1.54) is 4.88 Å². The van der Waals surface area contributed by atoms with E-state index in [0.29, 0.717) is 29.6 Å². The molecule has 0 bridgehead atoms. The van der Waals surface area contributed by atoms with E-state index in [2.05, 4.69) is 15.8 Å². The van der Waals surface area contributed by atoms with E-state index in [1.807, 2.05) is 24.4 Å². The highest BCUT2D eigenvalue weighted by Gasteiger charge is 2.32. The highest BCUT2D eigenvalue weighted by Crippen LogP contribution is 2.44. The Morgan fingerprint density at radius 2 is 2.22 bits per heavy atom. The van der Waals surface area contributed by atoms with Crippen LogP contribution in [0.1, 0.15) is 47.9 Å². The first-order chi connectivity index (χ1) is 11.1. The van der Waals surface area contributed by atoms with Crippen molar-refractivity contribution in [3.63, 3.8) is 0 Å². The predicted octanol–water partition coefficient (Wildman–Crippen LogP) is 2.78. The number of anilines is 1. The van der Waals surface area contributed by atoms with Gasteiger partial charge in [0.2, 0.25) is 0 Å². The van der Waals surface area contributed by atoms with Crippen LogP contribution in [-0.4, -0.2) is 23.5 Å². The van der Waals surface area contributed by atoms with Gasteiger partial charge in [-0.3, -0.25) is 9.59 Å². The maximum Gasteiger partial charge on any atom is 0.313 e. The highest BCUT2D eigenvalue weighted by molar-refractivity contribution is 7.10. The molecule has 0 saturated heterocycles. The zero-order chi connectivity index (χ0) is 16.4. The number of aryl methyl sites for hydroxylation is 1. The number of aromatic nitrogens is 1. The quantitative estimate of drug-likeness (QED) is 0.824. The predicted molar refractivity (Wildman–Crippen MR) is 87.6 cm³/mol. The van der Waals surface area contributed by atoms with Crippen LogP contribution in [0.3, 0.4) is 0 Å². The molecule has 2 amide bonds. The van der Waals surface area contributed by atoms with Crippen LogP contribution in [-0.2, 0) is 9.59 Å². The average molecular weight is 333 g/mol. The first-order valence-corrected chi connectivity index (χ1v) is 8.53. The highest BCUT2D eigenvalue weighted by atomic mass is 32.1. The third-order valence-corrected chi connectivity index (χ3v) is 4.98. The molecule has 1 atom stereocenters. The summed E-state index contributed by atoms with van der Waals surface area (Å²) in [4.78, 5) is 25.2. The number of carbonyl (C=O) groups excluding carboxylic acids is 2. The van der Waals surface area contributed by atoms with Gasteiger partial charge in [0, 0.05) is 23.3 Å². The second kappa shape index (κ2) is 6.54. The molecule has 3 rings (SSSR count). The van der Waals surface area contributed by atoms with Crippen molar-refractivity contribution < 1.29 is 14.1 Å². The van der Waals surface area contributed by atoms with E-state index < -0.39 is 11.8 Å². The molecular weight excluding hydrogens is 314 g/mol. The lowest BCUT2D eigenvalue weighted by Crippen LogP contribution is -2.37. The normalized spacial score (nSPS) is 15.2. The minimum absolute atomic E-state index is 0.172. The van der Waals surface area contributed by atoms with E-state index in [-0.39, 0.29) is 5.92 Å². The summed E-state index contributed by atoms with van der Waals surface area (Å²) in [6.45, 7) is 4.19. The van der Waals surface area contributed by atoms with Gasteiger partial charge in [0.25, 0.3) is 0 Å². The van der Waals surface area contributed by atoms with Gasteiger partial charge in [-0.25, -0.2) is 0 Å². The number of carbonyl (C=O) groups is 2. The smallest absolute Gasteiger partial charge is 0.313 e. The minimum atomic E-state index is -0.684. The topological polar surface area (TPSA) is 84.2 Å². The van der Waals surface area contributed by atoms with Crippen molar-refractivity contribution >= 4 is 28.8 Å². The van der Waals surface area contributed by atoms with Crippen molar-refractivity contribution in [3.8, 4) is 0 Å². The minimum Gasteiger partial charge on any atom is -0.359 e. The molecule has 2 heterocycles. The van der Waals surface area contributed by atoms with E-state index >= 15 is 0 Å². The molecule has 23 heavy (non-hydrogen) atoms.